The van der Waals surface area contributed by atoms with Gasteiger partial charge in [0.1, 0.15) is 0 Å². The molecule has 0 aliphatic carbocycles. The van der Waals surface area contributed by atoms with Crippen LogP contribution in [0, 0.1) is 5.41 Å². The summed E-state index contributed by atoms with van der Waals surface area (Å²) in [7, 11) is -3.45. The van der Waals surface area contributed by atoms with Gasteiger partial charge in [-0.3, -0.25) is 4.79 Å². The van der Waals surface area contributed by atoms with Crippen LogP contribution >= 0.6 is 0 Å². The number of aliphatic carboxylic acids is 1. The van der Waals surface area contributed by atoms with E-state index in [2.05, 4.69) is 9.44 Å². The molecule has 0 unspecified atom stereocenters. The maximum Gasteiger partial charge on any atom is 0.312 e. The van der Waals surface area contributed by atoms with E-state index in [0.717, 1.165) is 0 Å². The van der Waals surface area contributed by atoms with Crippen molar-refractivity contribution in [3.05, 3.63) is 0 Å². The van der Waals surface area contributed by atoms with E-state index >= 15 is 0 Å². The molecule has 12 heavy (non-hydrogen) atoms. The molecule has 1 aliphatic heterocycles. The van der Waals surface area contributed by atoms with Crippen molar-refractivity contribution >= 4 is 16.2 Å². The van der Waals surface area contributed by atoms with E-state index in [0.29, 0.717) is 0 Å². The largest absolute Gasteiger partial charge is 0.481 e. The van der Waals surface area contributed by atoms with Crippen molar-refractivity contribution in [3.8, 4) is 0 Å². The van der Waals surface area contributed by atoms with E-state index in [9.17, 15) is 13.2 Å². The molecule has 70 valence electrons. The molecule has 7 heteroatoms. The van der Waals surface area contributed by atoms with Gasteiger partial charge in [-0.05, 0) is 6.92 Å². The molecule has 1 aliphatic rings. The third-order valence-electron chi connectivity index (χ3n) is 1.82. The molecule has 1 saturated heterocycles. The normalized spacial score (nSPS) is 26.4. The van der Waals surface area contributed by atoms with E-state index in [1.54, 1.807) is 0 Å². The minimum atomic E-state index is -3.45. The number of carboxylic acid groups (broad SMARTS) is 1. The number of carboxylic acids is 1. The molecule has 3 N–H and O–H groups in total. The van der Waals surface area contributed by atoms with E-state index in [4.69, 9.17) is 5.11 Å². The molecule has 6 nitrogen and oxygen atoms in total. The smallest absolute Gasteiger partial charge is 0.312 e. The zero-order chi connectivity index (χ0) is 9.41. The van der Waals surface area contributed by atoms with Crippen LogP contribution in [0.4, 0.5) is 0 Å². The third-order valence-corrected chi connectivity index (χ3v) is 2.87. The van der Waals surface area contributed by atoms with Crippen LogP contribution in [-0.4, -0.2) is 32.6 Å². The van der Waals surface area contributed by atoms with E-state index in [1.165, 1.54) is 6.92 Å². The Morgan fingerprint density at radius 2 is 1.83 bits per heavy atom. The summed E-state index contributed by atoms with van der Waals surface area (Å²) in [6.07, 6.45) is 0. The van der Waals surface area contributed by atoms with Crippen molar-refractivity contribution in [2.75, 3.05) is 13.1 Å². The van der Waals surface area contributed by atoms with Crippen molar-refractivity contribution in [3.63, 3.8) is 0 Å². The summed E-state index contributed by atoms with van der Waals surface area (Å²) in [5.41, 5.74) is -1.05. The Hall–Kier alpha value is -0.660. The zero-order valence-electron chi connectivity index (χ0n) is 6.49. The molecule has 0 aromatic heterocycles. The molecule has 1 heterocycles. The van der Waals surface area contributed by atoms with Crippen molar-refractivity contribution < 1.29 is 18.3 Å². The maximum absolute atomic E-state index is 10.7. The molecule has 0 radical (unpaired) electrons. The molecular weight excluding hydrogens is 184 g/mol. The Morgan fingerprint density at radius 1 is 1.42 bits per heavy atom. The van der Waals surface area contributed by atoms with Gasteiger partial charge in [0.05, 0.1) is 5.41 Å². The van der Waals surface area contributed by atoms with Gasteiger partial charge >= 0.3 is 5.97 Å². The molecule has 0 aromatic carbocycles. The first-order chi connectivity index (χ1) is 5.36. The maximum atomic E-state index is 10.7. The van der Waals surface area contributed by atoms with Gasteiger partial charge in [-0.15, -0.1) is 0 Å². The van der Waals surface area contributed by atoms with Crippen LogP contribution in [0.25, 0.3) is 0 Å². The fourth-order valence-electron chi connectivity index (χ4n) is 0.773. The van der Waals surface area contributed by atoms with Gasteiger partial charge in [-0.1, -0.05) is 0 Å². The SMILES string of the molecule is CC1(C(=O)O)CNS(=O)(=O)NC1. The van der Waals surface area contributed by atoms with Crippen molar-refractivity contribution in [2.45, 2.75) is 6.92 Å². The van der Waals surface area contributed by atoms with Crippen LogP contribution in [0.3, 0.4) is 0 Å². The predicted octanol–water partition coefficient (Wildman–Crippen LogP) is -1.49. The number of carbonyl (C=O) groups is 1. The Bertz CT molecular complexity index is 283. The topological polar surface area (TPSA) is 95.5 Å². The first-order valence-corrected chi connectivity index (χ1v) is 4.82. The average Bonchev–Trinajstić information content (AvgIpc) is 1.96. The van der Waals surface area contributed by atoms with Crippen LogP contribution in [0.15, 0.2) is 0 Å². The Balaban J connectivity index is 2.74. The first kappa shape index (κ1) is 9.43. The predicted molar refractivity (Wildman–Crippen MR) is 40.7 cm³/mol. The first-order valence-electron chi connectivity index (χ1n) is 3.33. The second-order valence-electron chi connectivity index (χ2n) is 3.01. The lowest BCUT2D eigenvalue weighted by atomic mass is 9.91. The average molecular weight is 194 g/mol. The molecule has 0 bridgehead atoms. The fourth-order valence-corrected chi connectivity index (χ4v) is 1.89. The highest BCUT2D eigenvalue weighted by atomic mass is 32.2. The van der Waals surface area contributed by atoms with Crippen LogP contribution in [-0.2, 0) is 15.0 Å². The molecular formula is C5H10N2O4S. The third kappa shape index (κ3) is 1.74. The van der Waals surface area contributed by atoms with Gasteiger partial charge in [0, 0.05) is 13.1 Å². The summed E-state index contributed by atoms with van der Waals surface area (Å²) >= 11 is 0. The van der Waals surface area contributed by atoms with Gasteiger partial charge in [0.25, 0.3) is 10.2 Å². The summed E-state index contributed by atoms with van der Waals surface area (Å²) in [6, 6.07) is 0. The number of rotatable bonds is 1. The van der Waals surface area contributed by atoms with E-state index in [1.807, 2.05) is 0 Å². The van der Waals surface area contributed by atoms with Gasteiger partial charge < -0.3 is 5.11 Å². The fraction of sp³-hybridized carbons (Fsp3) is 0.800. The lowest BCUT2D eigenvalue weighted by molar-refractivity contribution is -0.147. The molecule has 0 amide bonds. The van der Waals surface area contributed by atoms with Gasteiger partial charge in [0.2, 0.25) is 0 Å². The summed E-state index contributed by atoms with van der Waals surface area (Å²) in [4.78, 5) is 10.6. The van der Waals surface area contributed by atoms with Crippen LogP contribution in [0.5, 0.6) is 0 Å². The van der Waals surface area contributed by atoms with E-state index in [-0.39, 0.29) is 13.1 Å². The Labute approximate surface area is 70.1 Å². The summed E-state index contributed by atoms with van der Waals surface area (Å²) in [5, 5.41) is 8.69. The van der Waals surface area contributed by atoms with E-state index < -0.39 is 21.6 Å². The van der Waals surface area contributed by atoms with Crippen molar-refractivity contribution in [1.29, 1.82) is 0 Å². The van der Waals surface area contributed by atoms with Gasteiger partial charge in [0.15, 0.2) is 0 Å². The standard InChI is InChI=1S/C5H10N2O4S/c1-5(4(8)9)2-6-12(10,11)7-3-5/h6-7H,2-3H2,1H3,(H,8,9). The summed E-state index contributed by atoms with van der Waals surface area (Å²) in [6.45, 7) is 1.33. The summed E-state index contributed by atoms with van der Waals surface area (Å²) in [5.74, 6) is -1.02. The minimum absolute atomic E-state index is 0.0718. The number of hydrogen-bond acceptors (Lipinski definition) is 3. The number of hydrogen-bond donors (Lipinski definition) is 3. The second kappa shape index (κ2) is 2.68. The number of nitrogens with one attached hydrogen (secondary N) is 2. The summed E-state index contributed by atoms with van der Waals surface area (Å²) < 4.78 is 25.7. The molecule has 0 aromatic rings. The highest BCUT2D eigenvalue weighted by molar-refractivity contribution is 7.87. The van der Waals surface area contributed by atoms with Crippen molar-refractivity contribution in [1.82, 2.24) is 9.44 Å². The lowest BCUT2D eigenvalue weighted by Gasteiger charge is -2.29. The van der Waals surface area contributed by atoms with Gasteiger partial charge in [-0.25, -0.2) is 9.44 Å². The monoisotopic (exact) mass is 194 g/mol. The quantitative estimate of drug-likeness (QED) is 0.474. The highest BCUT2D eigenvalue weighted by Crippen LogP contribution is 2.17. The molecule has 1 fully saturated rings. The second-order valence-corrected chi connectivity index (χ2v) is 4.60. The lowest BCUT2D eigenvalue weighted by Crippen LogP contribution is -2.56. The van der Waals surface area contributed by atoms with Crippen LogP contribution in [0.1, 0.15) is 6.92 Å². The minimum Gasteiger partial charge on any atom is -0.481 e. The van der Waals surface area contributed by atoms with Gasteiger partial charge in [-0.2, -0.15) is 8.42 Å². The molecule has 0 atom stereocenters. The molecule has 0 saturated carbocycles. The molecule has 1 rings (SSSR count). The molecule has 0 spiro atoms. The zero-order valence-corrected chi connectivity index (χ0v) is 7.31. The van der Waals surface area contributed by atoms with Crippen LogP contribution in [0.2, 0.25) is 0 Å². The Morgan fingerprint density at radius 3 is 2.17 bits per heavy atom. The highest BCUT2D eigenvalue weighted by Gasteiger charge is 2.38. The Kier molecular flexibility index (Phi) is 2.11. The van der Waals surface area contributed by atoms with Crippen LogP contribution < -0.4 is 9.44 Å². The van der Waals surface area contributed by atoms with Crippen molar-refractivity contribution in [2.24, 2.45) is 5.41 Å².